The number of thiazole rings is 1. The molecule has 1 saturated heterocycles. The number of carbonyl (C=O) groups excluding carboxylic acids is 3. The molecule has 1 aromatic rings. The van der Waals surface area contributed by atoms with Crippen molar-refractivity contribution >= 4 is 79.8 Å². The van der Waals surface area contributed by atoms with Crippen molar-refractivity contribution in [2.24, 2.45) is 5.16 Å². The molecule has 2 unspecified atom stereocenters. The molecule has 16 heteroatoms. The number of carbonyl (C=O) groups is 3. The number of hydrogen-bond donors (Lipinski definition) is 3. The van der Waals surface area contributed by atoms with E-state index in [0.29, 0.717) is 0 Å². The van der Waals surface area contributed by atoms with Crippen molar-refractivity contribution in [2.75, 3.05) is 19.5 Å². The molecule has 0 spiro atoms. The third-order valence-electron chi connectivity index (χ3n) is 3.36. The third kappa shape index (κ3) is 5.52. The standard InChI is InChI=1S/C13H15N5O8S2.Na.H/c1-3-4-26-17-7(6-5-27-13(14)15-6)10(19)16-8-9(12(21)25-2)18(11(8)20)28(22,23)24;;/h3,5,8-9H,1,4H2,2H3,(H2,14,15)(H,16,19)(H,22,23,24);;/b17-7-;;. The molecule has 0 radical (unpaired) electrons. The van der Waals surface area contributed by atoms with Crippen LogP contribution in [-0.2, 0) is 34.3 Å². The Hall–Kier alpha value is -2.04. The molecule has 29 heavy (non-hydrogen) atoms. The Morgan fingerprint density at radius 3 is 2.69 bits per heavy atom. The summed E-state index contributed by atoms with van der Waals surface area (Å²) < 4.78 is 36.0. The molecule has 154 valence electrons. The summed E-state index contributed by atoms with van der Waals surface area (Å²) in [7, 11) is -4.09. The number of hydrogen-bond acceptors (Lipinski definition) is 11. The molecular formula is C13H16N5NaO8S2. The topological polar surface area (TPSA) is 191 Å². The van der Waals surface area contributed by atoms with Gasteiger partial charge in [-0.1, -0.05) is 17.8 Å². The SMILES string of the molecule is C=CCO/N=C(\C(=O)NC1C(=O)N(S(=O)(=O)O)C1C(=O)OC)c1csc(N)n1.[NaH]. The Balaban J connectivity index is 0.00000420. The second-order valence-electron chi connectivity index (χ2n) is 5.13. The number of nitrogens with two attached hydrogens (primary N) is 1. The summed E-state index contributed by atoms with van der Waals surface area (Å²) in [5.41, 5.74) is 5.17. The summed E-state index contributed by atoms with van der Waals surface area (Å²) in [6.45, 7) is 3.38. The number of amides is 2. The van der Waals surface area contributed by atoms with Gasteiger partial charge in [-0.15, -0.1) is 11.3 Å². The van der Waals surface area contributed by atoms with Crippen molar-refractivity contribution < 1.29 is 36.9 Å². The molecule has 1 aliphatic heterocycles. The summed E-state index contributed by atoms with van der Waals surface area (Å²) in [6, 6.07) is -3.41. The first-order valence-corrected chi connectivity index (χ1v) is 9.61. The minimum absolute atomic E-state index is 0. The van der Waals surface area contributed by atoms with Gasteiger partial charge in [0.05, 0.1) is 7.11 Å². The van der Waals surface area contributed by atoms with E-state index in [1.165, 1.54) is 11.5 Å². The zero-order valence-corrected chi connectivity index (χ0v) is 15.9. The van der Waals surface area contributed by atoms with Gasteiger partial charge in [-0.2, -0.15) is 12.7 Å². The molecule has 2 heterocycles. The van der Waals surface area contributed by atoms with Crippen molar-refractivity contribution in [3.63, 3.8) is 0 Å². The summed E-state index contributed by atoms with van der Waals surface area (Å²) in [6.07, 6.45) is 1.36. The van der Waals surface area contributed by atoms with Gasteiger partial charge in [-0.05, 0) is 0 Å². The van der Waals surface area contributed by atoms with E-state index in [1.807, 2.05) is 0 Å². The molecule has 0 bridgehead atoms. The van der Waals surface area contributed by atoms with Crippen LogP contribution >= 0.6 is 11.3 Å². The number of nitrogen functional groups attached to an aromatic ring is 1. The normalized spacial score (nSPS) is 18.9. The van der Waals surface area contributed by atoms with Crippen LogP contribution in [0, 0.1) is 0 Å². The summed E-state index contributed by atoms with van der Waals surface area (Å²) in [4.78, 5) is 45.2. The molecular weight excluding hydrogens is 441 g/mol. The van der Waals surface area contributed by atoms with E-state index in [2.05, 4.69) is 26.8 Å². The van der Waals surface area contributed by atoms with Crippen molar-refractivity contribution in [2.45, 2.75) is 12.1 Å². The van der Waals surface area contributed by atoms with Gasteiger partial charge >= 0.3 is 45.8 Å². The quantitative estimate of drug-likeness (QED) is 0.0557. The average molecular weight is 457 g/mol. The maximum atomic E-state index is 12.6. The van der Waals surface area contributed by atoms with Gasteiger partial charge in [-0.3, -0.25) is 14.1 Å². The van der Waals surface area contributed by atoms with E-state index >= 15 is 0 Å². The fourth-order valence-corrected chi connectivity index (χ4v) is 3.56. The first kappa shape index (κ1) is 25.0. The van der Waals surface area contributed by atoms with Crippen LogP contribution in [-0.4, -0.2) is 101 Å². The summed E-state index contributed by atoms with van der Waals surface area (Å²) in [5.74, 6) is -3.41. The van der Waals surface area contributed by atoms with Crippen LogP contribution in [0.15, 0.2) is 23.2 Å². The second-order valence-corrected chi connectivity index (χ2v) is 7.31. The van der Waals surface area contributed by atoms with E-state index < -0.39 is 40.2 Å². The van der Waals surface area contributed by atoms with Crippen molar-refractivity contribution in [1.82, 2.24) is 14.6 Å². The van der Waals surface area contributed by atoms with Crippen LogP contribution in [0.4, 0.5) is 5.13 Å². The van der Waals surface area contributed by atoms with Crippen LogP contribution in [0.25, 0.3) is 0 Å². The Kier molecular flexibility index (Phi) is 8.73. The molecule has 2 rings (SSSR count). The number of aromatic nitrogens is 1. The molecule has 0 aliphatic carbocycles. The Labute approximate surface area is 191 Å². The number of nitrogens with zero attached hydrogens (tertiary/aromatic N) is 3. The van der Waals surface area contributed by atoms with Crippen LogP contribution in [0.5, 0.6) is 0 Å². The first-order valence-electron chi connectivity index (χ1n) is 7.33. The van der Waals surface area contributed by atoms with Crippen LogP contribution < -0.4 is 11.1 Å². The molecule has 1 fully saturated rings. The Morgan fingerprint density at radius 1 is 1.55 bits per heavy atom. The van der Waals surface area contributed by atoms with Crippen molar-refractivity contribution in [1.29, 1.82) is 0 Å². The molecule has 0 saturated carbocycles. The molecule has 1 aromatic heterocycles. The van der Waals surface area contributed by atoms with Gasteiger partial charge in [0.1, 0.15) is 18.3 Å². The summed E-state index contributed by atoms with van der Waals surface area (Å²) >= 11 is 1.01. The number of methoxy groups -OCH3 is 1. The fraction of sp³-hybridized carbons (Fsp3) is 0.308. The zero-order chi connectivity index (χ0) is 21.1. The van der Waals surface area contributed by atoms with Gasteiger partial charge in [-0.25, -0.2) is 9.78 Å². The van der Waals surface area contributed by atoms with Gasteiger partial charge < -0.3 is 20.6 Å². The maximum absolute atomic E-state index is 12.6. The van der Waals surface area contributed by atoms with Gasteiger partial charge in [0.2, 0.25) is 0 Å². The van der Waals surface area contributed by atoms with E-state index in [4.69, 9.17) is 15.1 Å². The first-order chi connectivity index (χ1) is 13.1. The van der Waals surface area contributed by atoms with Crippen LogP contribution in [0.2, 0.25) is 0 Å². The summed E-state index contributed by atoms with van der Waals surface area (Å²) in [5, 5.41) is 7.28. The minimum atomic E-state index is -5.04. The van der Waals surface area contributed by atoms with Gasteiger partial charge in [0.15, 0.2) is 16.9 Å². The van der Waals surface area contributed by atoms with Crippen LogP contribution in [0.1, 0.15) is 5.69 Å². The molecule has 4 N–H and O–H groups in total. The number of esters is 1. The number of nitrogens with one attached hydrogen (secondary N) is 1. The van der Waals surface area contributed by atoms with E-state index in [1.54, 1.807) is 0 Å². The molecule has 0 aromatic carbocycles. The number of oxime groups is 1. The predicted molar refractivity (Wildman–Crippen MR) is 102 cm³/mol. The predicted octanol–water partition coefficient (Wildman–Crippen LogP) is -2.35. The van der Waals surface area contributed by atoms with Crippen LogP contribution in [0.3, 0.4) is 0 Å². The Bertz CT molecular complexity index is 947. The van der Waals surface area contributed by atoms with E-state index in [-0.39, 0.29) is 57.0 Å². The van der Waals surface area contributed by atoms with Gasteiger partial charge in [0.25, 0.3) is 11.8 Å². The van der Waals surface area contributed by atoms with Crippen molar-refractivity contribution in [3.05, 3.63) is 23.7 Å². The molecule has 13 nitrogen and oxygen atoms in total. The number of rotatable bonds is 8. The second kappa shape index (κ2) is 10.1. The monoisotopic (exact) mass is 457 g/mol. The van der Waals surface area contributed by atoms with E-state index in [9.17, 15) is 22.8 Å². The van der Waals surface area contributed by atoms with E-state index in [0.717, 1.165) is 18.4 Å². The zero-order valence-electron chi connectivity index (χ0n) is 14.3. The number of β-lactam (4-membered cyclic amide) rings is 1. The third-order valence-corrected chi connectivity index (χ3v) is 4.94. The fourth-order valence-electron chi connectivity index (χ4n) is 2.18. The number of anilines is 1. The average Bonchev–Trinajstić information content (AvgIpc) is 3.04. The molecule has 2 atom stereocenters. The number of ether oxygens (including phenoxy) is 1. The van der Waals surface area contributed by atoms with Crippen molar-refractivity contribution in [3.8, 4) is 0 Å². The molecule has 2 amide bonds. The Morgan fingerprint density at radius 2 is 2.21 bits per heavy atom. The van der Waals surface area contributed by atoms with Gasteiger partial charge in [0, 0.05) is 5.38 Å². The molecule has 1 aliphatic rings.